The predicted molar refractivity (Wildman–Crippen MR) is 51.5 cm³/mol. The Balaban J connectivity index is 2.54. The minimum atomic E-state index is -1.91. The average molecular weight is 190 g/mol. The van der Waals surface area contributed by atoms with Crippen LogP contribution in [0.5, 0.6) is 0 Å². The van der Waals surface area contributed by atoms with E-state index in [0.29, 0.717) is 0 Å². The molecule has 1 N–H and O–H groups in total. The Hall–Kier alpha value is 0.354. The molecule has 0 spiro atoms. The third-order valence-corrected chi connectivity index (χ3v) is 6.99. The second kappa shape index (κ2) is 2.19. The molecular weight excluding hydrogens is 172 g/mol. The van der Waals surface area contributed by atoms with Crippen LogP contribution in [0.25, 0.3) is 0 Å². The highest BCUT2D eigenvalue weighted by molar-refractivity contribution is 6.86. The molecule has 4 heteroatoms. The summed E-state index contributed by atoms with van der Waals surface area (Å²) in [6, 6.07) is 0.921. The quantitative estimate of drug-likeness (QED) is 0.672. The third-order valence-electron chi connectivity index (χ3n) is 2.23. The Bertz CT molecular complexity index is 174. The van der Waals surface area contributed by atoms with Crippen molar-refractivity contribution in [3.8, 4) is 0 Å². The lowest BCUT2D eigenvalue weighted by molar-refractivity contribution is 0.215. The first-order valence-electron chi connectivity index (χ1n) is 4.09. The highest BCUT2D eigenvalue weighted by Gasteiger charge is 2.65. The molecule has 0 aliphatic carbocycles. The summed E-state index contributed by atoms with van der Waals surface area (Å²) in [5.74, 6) is 0. The van der Waals surface area contributed by atoms with Crippen molar-refractivity contribution < 1.29 is 9.22 Å². The van der Waals surface area contributed by atoms with Crippen LogP contribution in [0.4, 0.5) is 0 Å². The van der Waals surface area contributed by atoms with Crippen LogP contribution in [0, 0.1) is 0 Å². The average Bonchev–Trinajstić information content (AvgIpc) is 1.96. The predicted octanol–water partition coefficient (Wildman–Crippen LogP) is 1.72. The molecule has 0 bridgehead atoms. The molecule has 2 atom stereocenters. The normalized spacial score (nSPS) is 44.2. The topological polar surface area (TPSA) is 29.5 Å². The van der Waals surface area contributed by atoms with Crippen molar-refractivity contribution in [1.29, 1.82) is 0 Å². The summed E-state index contributed by atoms with van der Waals surface area (Å²) in [7, 11) is -3.36. The largest absolute Gasteiger partial charge is 0.429 e. The van der Waals surface area contributed by atoms with Crippen molar-refractivity contribution in [2.24, 2.45) is 0 Å². The maximum absolute atomic E-state index is 9.75. The zero-order valence-electron chi connectivity index (χ0n) is 8.06. The molecule has 1 aliphatic rings. The van der Waals surface area contributed by atoms with Crippen molar-refractivity contribution in [2.45, 2.75) is 44.4 Å². The smallest absolute Gasteiger partial charge is 0.217 e. The van der Waals surface area contributed by atoms with Gasteiger partial charge in [-0.25, -0.2) is 0 Å². The summed E-state index contributed by atoms with van der Waals surface area (Å²) in [5.41, 5.74) is 0. The molecule has 1 heterocycles. The third kappa shape index (κ3) is 1.93. The zero-order chi connectivity index (χ0) is 8.91. The summed E-state index contributed by atoms with van der Waals surface area (Å²) in [6.07, 6.45) is 0. The van der Waals surface area contributed by atoms with Gasteiger partial charge in [-0.1, -0.05) is 0 Å². The van der Waals surface area contributed by atoms with Gasteiger partial charge in [-0.2, -0.15) is 0 Å². The van der Waals surface area contributed by atoms with Gasteiger partial charge in [0, 0.05) is 0 Å². The Labute approximate surface area is 70.8 Å². The first kappa shape index (κ1) is 9.44. The van der Waals surface area contributed by atoms with Gasteiger partial charge in [-0.15, -0.1) is 0 Å². The fraction of sp³-hybridized carbons (Fsp3) is 1.00. The van der Waals surface area contributed by atoms with E-state index in [1.807, 2.05) is 6.55 Å². The van der Waals surface area contributed by atoms with Crippen LogP contribution in [0.2, 0.25) is 32.2 Å². The first-order valence-corrected chi connectivity index (χ1v) is 10.2. The van der Waals surface area contributed by atoms with E-state index in [1.165, 1.54) is 0 Å². The maximum atomic E-state index is 9.75. The molecule has 66 valence electrons. The molecule has 11 heavy (non-hydrogen) atoms. The lowest BCUT2D eigenvalue weighted by atomic mass is 10.5. The highest BCUT2D eigenvalue weighted by atomic mass is 28.4. The molecule has 0 aromatic heterocycles. The van der Waals surface area contributed by atoms with E-state index in [4.69, 9.17) is 4.43 Å². The molecule has 1 saturated heterocycles. The zero-order valence-corrected chi connectivity index (χ0v) is 10.1. The van der Waals surface area contributed by atoms with Gasteiger partial charge in [0.05, 0.1) is 5.22 Å². The van der Waals surface area contributed by atoms with E-state index in [1.54, 1.807) is 0 Å². The molecule has 0 aromatic carbocycles. The molecule has 1 aliphatic heterocycles. The van der Waals surface area contributed by atoms with Gasteiger partial charge in [-0.05, 0) is 39.2 Å². The van der Waals surface area contributed by atoms with Crippen LogP contribution >= 0.6 is 0 Å². The molecule has 0 aromatic rings. The Morgan fingerprint density at radius 1 is 1.45 bits per heavy atom. The van der Waals surface area contributed by atoms with Crippen molar-refractivity contribution in [3.63, 3.8) is 0 Å². The Morgan fingerprint density at radius 2 is 1.82 bits per heavy atom. The Morgan fingerprint density at radius 3 is 1.91 bits per heavy atom. The van der Waals surface area contributed by atoms with Crippen molar-refractivity contribution in [3.05, 3.63) is 0 Å². The molecule has 2 nitrogen and oxygen atoms in total. The first-order chi connectivity index (χ1) is 4.66. The fourth-order valence-electron chi connectivity index (χ4n) is 1.43. The van der Waals surface area contributed by atoms with Crippen LogP contribution in [0.3, 0.4) is 0 Å². The van der Waals surface area contributed by atoms with Crippen molar-refractivity contribution >= 4 is 16.6 Å². The van der Waals surface area contributed by atoms with Crippen LogP contribution in [-0.4, -0.2) is 26.7 Å². The maximum Gasteiger partial charge on any atom is 0.217 e. The number of rotatable bonds is 2. The lowest BCUT2D eigenvalue weighted by Crippen LogP contribution is -2.38. The second-order valence-electron chi connectivity index (χ2n) is 4.90. The molecule has 1 rings (SSSR count). The molecule has 1 unspecified atom stereocenters. The molecule has 0 saturated carbocycles. The van der Waals surface area contributed by atoms with Gasteiger partial charge in [0.2, 0.25) is 8.32 Å². The van der Waals surface area contributed by atoms with E-state index >= 15 is 0 Å². The molecule has 0 radical (unpaired) electrons. The number of hydrogen-bond acceptors (Lipinski definition) is 2. The van der Waals surface area contributed by atoms with Crippen LogP contribution in [0.15, 0.2) is 0 Å². The summed E-state index contributed by atoms with van der Waals surface area (Å²) in [4.78, 5) is 9.75. The standard InChI is InChI=1S/C7H18O2Si2/c1-7(6-11(7,5)8)9-10(2,3)4/h8H,6H2,1-5H3/t7?,11-/m1/s1. The number of hydrogen-bond donors (Lipinski definition) is 1. The summed E-state index contributed by atoms with van der Waals surface area (Å²) < 4.78 is 5.90. The van der Waals surface area contributed by atoms with E-state index in [2.05, 4.69) is 26.6 Å². The molecular formula is C7H18O2Si2. The van der Waals surface area contributed by atoms with Gasteiger partial charge in [0.1, 0.15) is 0 Å². The summed E-state index contributed by atoms with van der Waals surface area (Å²) in [5, 5.41) is -0.114. The van der Waals surface area contributed by atoms with Gasteiger partial charge in [0.15, 0.2) is 8.32 Å². The fourth-order valence-corrected chi connectivity index (χ4v) is 6.87. The van der Waals surface area contributed by atoms with E-state index in [9.17, 15) is 4.80 Å². The van der Waals surface area contributed by atoms with E-state index < -0.39 is 16.6 Å². The van der Waals surface area contributed by atoms with Crippen LogP contribution in [0.1, 0.15) is 6.92 Å². The van der Waals surface area contributed by atoms with Crippen molar-refractivity contribution in [1.82, 2.24) is 0 Å². The van der Waals surface area contributed by atoms with Gasteiger partial charge in [0.25, 0.3) is 0 Å². The van der Waals surface area contributed by atoms with Gasteiger partial charge in [-0.3, -0.25) is 0 Å². The van der Waals surface area contributed by atoms with Crippen LogP contribution in [-0.2, 0) is 4.43 Å². The molecule has 1 fully saturated rings. The minimum absolute atomic E-state index is 0.114. The van der Waals surface area contributed by atoms with E-state index in [-0.39, 0.29) is 5.22 Å². The molecule has 0 amide bonds. The Kier molecular flexibility index (Phi) is 1.88. The van der Waals surface area contributed by atoms with E-state index in [0.717, 1.165) is 6.04 Å². The minimum Gasteiger partial charge on any atom is -0.429 e. The van der Waals surface area contributed by atoms with Gasteiger partial charge >= 0.3 is 0 Å². The summed E-state index contributed by atoms with van der Waals surface area (Å²) >= 11 is 0. The SMILES string of the molecule is CC1(O[Si](C)(C)C)C[Si@@]1(C)O. The highest BCUT2D eigenvalue weighted by Crippen LogP contribution is 2.48. The monoisotopic (exact) mass is 190 g/mol. The second-order valence-corrected chi connectivity index (χ2v) is 13.3. The van der Waals surface area contributed by atoms with Gasteiger partial charge < -0.3 is 9.22 Å². The lowest BCUT2D eigenvalue weighted by Gasteiger charge is -2.24. The summed E-state index contributed by atoms with van der Waals surface area (Å²) in [6.45, 7) is 10.5. The van der Waals surface area contributed by atoms with Crippen molar-refractivity contribution in [2.75, 3.05) is 0 Å². The van der Waals surface area contributed by atoms with Crippen LogP contribution < -0.4 is 0 Å².